The Kier molecular flexibility index (Phi) is 4.11. The molecule has 0 saturated heterocycles. The van der Waals surface area contributed by atoms with E-state index in [1.54, 1.807) is 12.4 Å². The summed E-state index contributed by atoms with van der Waals surface area (Å²) in [6.07, 6.45) is 3.38. The van der Waals surface area contributed by atoms with Crippen molar-refractivity contribution >= 4 is 23.1 Å². The van der Waals surface area contributed by atoms with Gasteiger partial charge >= 0.3 is 0 Å². The molecular weight excluding hydrogens is 296 g/mol. The van der Waals surface area contributed by atoms with E-state index in [0.29, 0.717) is 22.8 Å². The van der Waals surface area contributed by atoms with Crippen LogP contribution in [-0.4, -0.2) is 15.3 Å². The summed E-state index contributed by atoms with van der Waals surface area (Å²) in [7, 11) is 0. The number of nitrogen functional groups attached to an aromatic ring is 1. The van der Waals surface area contributed by atoms with E-state index in [4.69, 9.17) is 5.73 Å². The zero-order valence-corrected chi connectivity index (χ0v) is 12.5. The van der Waals surface area contributed by atoms with Crippen LogP contribution in [0.1, 0.15) is 15.2 Å². The highest BCUT2D eigenvalue weighted by atomic mass is 32.1. The number of nitrogens with zero attached hydrogens (tertiary/aromatic N) is 2. The minimum Gasteiger partial charge on any atom is -0.396 e. The molecule has 110 valence electrons. The topological polar surface area (TPSA) is 80.9 Å². The summed E-state index contributed by atoms with van der Waals surface area (Å²) in [5.74, 6) is -0.214. The summed E-state index contributed by atoms with van der Waals surface area (Å²) in [6, 6.07) is 13.3. The third-order valence-corrected chi connectivity index (χ3v) is 4.05. The van der Waals surface area contributed by atoms with Crippen molar-refractivity contribution in [1.29, 1.82) is 0 Å². The summed E-state index contributed by atoms with van der Waals surface area (Å²) in [5.41, 5.74) is 9.04. The van der Waals surface area contributed by atoms with E-state index >= 15 is 0 Å². The molecule has 0 radical (unpaired) electrons. The van der Waals surface area contributed by atoms with Crippen LogP contribution in [-0.2, 0) is 6.54 Å². The minimum absolute atomic E-state index is 0.214. The summed E-state index contributed by atoms with van der Waals surface area (Å²) >= 11 is 1.11. The molecule has 1 amide bonds. The number of hydrogen-bond donors (Lipinski definition) is 2. The summed E-state index contributed by atoms with van der Waals surface area (Å²) in [6.45, 7) is 0.430. The van der Waals surface area contributed by atoms with Gasteiger partial charge < -0.3 is 11.1 Å². The van der Waals surface area contributed by atoms with Gasteiger partial charge in [-0.25, -0.2) is 0 Å². The van der Waals surface area contributed by atoms with E-state index < -0.39 is 0 Å². The maximum atomic E-state index is 12.2. The van der Waals surface area contributed by atoms with Gasteiger partial charge in [0.05, 0.1) is 5.69 Å². The van der Waals surface area contributed by atoms with Crippen molar-refractivity contribution in [3.05, 3.63) is 65.3 Å². The van der Waals surface area contributed by atoms with Gasteiger partial charge in [0.2, 0.25) is 0 Å². The highest BCUT2D eigenvalue weighted by Crippen LogP contribution is 2.30. The lowest BCUT2D eigenvalue weighted by Crippen LogP contribution is -2.22. The second-order valence-corrected chi connectivity index (χ2v) is 5.45. The fourth-order valence-corrected chi connectivity index (χ4v) is 2.76. The van der Waals surface area contributed by atoms with Crippen LogP contribution in [0.25, 0.3) is 11.3 Å². The van der Waals surface area contributed by atoms with Crippen LogP contribution >= 0.6 is 11.5 Å². The quantitative estimate of drug-likeness (QED) is 0.776. The first-order chi connectivity index (χ1) is 10.8. The molecule has 0 fully saturated rings. The Labute approximate surface area is 132 Å². The average Bonchev–Trinajstić information content (AvgIpc) is 2.96. The number of amides is 1. The van der Waals surface area contributed by atoms with Gasteiger partial charge in [0, 0.05) is 24.5 Å². The number of nitrogens with one attached hydrogen (secondary N) is 1. The maximum absolute atomic E-state index is 12.2. The first-order valence-corrected chi connectivity index (χ1v) is 7.50. The highest BCUT2D eigenvalue weighted by Gasteiger charge is 2.18. The monoisotopic (exact) mass is 310 g/mol. The van der Waals surface area contributed by atoms with Gasteiger partial charge in [-0.2, -0.15) is 4.37 Å². The SMILES string of the molecule is Nc1c(-c2ccccc2)nsc1C(=O)NCc1ccncc1. The molecule has 0 aliphatic heterocycles. The Bertz CT molecular complexity index is 771. The Morgan fingerprint density at radius 1 is 1.14 bits per heavy atom. The van der Waals surface area contributed by atoms with Crippen molar-refractivity contribution in [1.82, 2.24) is 14.7 Å². The summed E-state index contributed by atoms with van der Waals surface area (Å²) < 4.78 is 4.31. The van der Waals surface area contributed by atoms with E-state index in [-0.39, 0.29) is 5.91 Å². The van der Waals surface area contributed by atoms with E-state index in [1.165, 1.54) is 0 Å². The fraction of sp³-hybridized carbons (Fsp3) is 0.0625. The second-order valence-electron chi connectivity index (χ2n) is 4.68. The lowest BCUT2D eigenvalue weighted by atomic mass is 10.1. The van der Waals surface area contributed by atoms with Crippen LogP contribution in [0.3, 0.4) is 0 Å². The molecule has 22 heavy (non-hydrogen) atoms. The van der Waals surface area contributed by atoms with E-state index in [0.717, 1.165) is 22.7 Å². The van der Waals surface area contributed by atoms with Gasteiger partial charge in [-0.1, -0.05) is 30.3 Å². The van der Waals surface area contributed by atoms with Gasteiger partial charge in [-0.05, 0) is 29.2 Å². The van der Waals surface area contributed by atoms with Gasteiger partial charge in [-0.15, -0.1) is 0 Å². The van der Waals surface area contributed by atoms with Crippen LogP contribution in [0.2, 0.25) is 0 Å². The summed E-state index contributed by atoms with van der Waals surface area (Å²) in [4.78, 5) is 16.6. The molecule has 2 aromatic heterocycles. The van der Waals surface area contributed by atoms with Crippen molar-refractivity contribution in [2.24, 2.45) is 0 Å². The van der Waals surface area contributed by atoms with Crippen molar-refractivity contribution < 1.29 is 4.79 Å². The standard InChI is InChI=1S/C16H14N4OS/c17-13-14(12-4-2-1-3-5-12)20-22-15(13)16(21)19-10-11-6-8-18-9-7-11/h1-9H,10,17H2,(H,19,21). The van der Waals surface area contributed by atoms with Gasteiger partial charge in [-0.3, -0.25) is 9.78 Å². The van der Waals surface area contributed by atoms with E-state index in [2.05, 4.69) is 14.7 Å². The van der Waals surface area contributed by atoms with Crippen LogP contribution in [0.15, 0.2) is 54.9 Å². The normalized spacial score (nSPS) is 10.4. The third kappa shape index (κ3) is 2.96. The molecule has 0 aliphatic carbocycles. The van der Waals surface area contributed by atoms with Crippen LogP contribution in [0, 0.1) is 0 Å². The van der Waals surface area contributed by atoms with Crippen molar-refractivity contribution in [2.45, 2.75) is 6.54 Å². The molecule has 5 nitrogen and oxygen atoms in total. The number of anilines is 1. The van der Waals surface area contributed by atoms with Crippen molar-refractivity contribution in [3.8, 4) is 11.3 Å². The first-order valence-electron chi connectivity index (χ1n) is 6.73. The predicted molar refractivity (Wildman–Crippen MR) is 87.4 cm³/mol. The molecule has 0 bridgehead atoms. The van der Waals surface area contributed by atoms with Gasteiger partial charge in [0.15, 0.2) is 0 Å². The Morgan fingerprint density at radius 2 is 1.86 bits per heavy atom. The molecule has 6 heteroatoms. The maximum Gasteiger partial charge on any atom is 0.265 e. The van der Waals surface area contributed by atoms with Crippen LogP contribution < -0.4 is 11.1 Å². The second kappa shape index (κ2) is 6.36. The summed E-state index contributed by atoms with van der Waals surface area (Å²) in [5, 5.41) is 2.84. The molecule has 0 spiro atoms. The van der Waals surface area contributed by atoms with Crippen molar-refractivity contribution in [2.75, 3.05) is 5.73 Å². The third-order valence-electron chi connectivity index (χ3n) is 3.18. The molecule has 0 atom stereocenters. The molecule has 0 aliphatic rings. The molecule has 3 N–H and O–H groups in total. The Balaban J connectivity index is 1.75. The Morgan fingerprint density at radius 3 is 2.59 bits per heavy atom. The van der Waals surface area contributed by atoms with Gasteiger partial charge in [0.25, 0.3) is 5.91 Å². The van der Waals surface area contributed by atoms with Gasteiger partial charge in [0.1, 0.15) is 10.6 Å². The van der Waals surface area contributed by atoms with E-state index in [1.807, 2.05) is 42.5 Å². The number of hydrogen-bond acceptors (Lipinski definition) is 5. The lowest BCUT2D eigenvalue weighted by molar-refractivity contribution is 0.0956. The number of carbonyl (C=O) groups is 1. The largest absolute Gasteiger partial charge is 0.396 e. The number of pyridine rings is 1. The highest BCUT2D eigenvalue weighted by molar-refractivity contribution is 7.09. The average molecular weight is 310 g/mol. The number of rotatable bonds is 4. The minimum atomic E-state index is -0.214. The molecule has 2 heterocycles. The molecule has 3 aromatic rings. The smallest absolute Gasteiger partial charge is 0.265 e. The molecular formula is C16H14N4OS. The zero-order chi connectivity index (χ0) is 15.4. The van der Waals surface area contributed by atoms with Crippen molar-refractivity contribution in [3.63, 3.8) is 0 Å². The van der Waals surface area contributed by atoms with Crippen LogP contribution in [0.5, 0.6) is 0 Å². The Hall–Kier alpha value is -2.73. The lowest BCUT2D eigenvalue weighted by Gasteiger charge is -2.04. The number of aromatic nitrogens is 2. The molecule has 3 rings (SSSR count). The number of benzene rings is 1. The van der Waals surface area contributed by atoms with Crippen LogP contribution in [0.4, 0.5) is 5.69 Å². The number of carbonyl (C=O) groups excluding carboxylic acids is 1. The zero-order valence-electron chi connectivity index (χ0n) is 11.7. The van der Waals surface area contributed by atoms with E-state index in [9.17, 15) is 4.79 Å². The predicted octanol–water partition coefficient (Wildman–Crippen LogP) is 2.72. The fourth-order valence-electron chi connectivity index (χ4n) is 2.03. The molecule has 0 saturated carbocycles. The first kappa shape index (κ1) is 14.2. The molecule has 1 aromatic carbocycles. The molecule has 0 unspecified atom stereocenters. The number of nitrogens with two attached hydrogens (primary N) is 1.